The lowest BCUT2D eigenvalue weighted by atomic mass is 10.2. The van der Waals surface area contributed by atoms with Crippen LogP contribution in [-0.2, 0) is 20.5 Å². The second-order valence-electron chi connectivity index (χ2n) is 4.16. The third kappa shape index (κ3) is 3.52. The van der Waals surface area contributed by atoms with Crippen LogP contribution in [0.25, 0.3) is 6.08 Å². The Morgan fingerprint density at radius 1 is 1.30 bits per heavy atom. The van der Waals surface area contributed by atoms with Crippen molar-refractivity contribution < 1.29 is 13.2 Å². The van der Waals surface area contributed by atoms with Crippen LogP contribution in [0.15, 0.2) is 53.3 Å². The number of aromatic nitrogens is 1. The highest BCUT2D eigenvalue weighted by atomic mass is 79.9. The molecule has 0 radical (unpaired) electrons. The van der Waals surface area contributed by atoms with E-state index in [4.69, 9.17) is 4.74 Å². The quantitative estimate of drug-likeness (QED) is 0.773. The zero-order chi connectivity index (χ0) is 14.6. The number of hydrogen-bond donors (Lipinski definition) is 0. The Morgan fingerprint density at radius 2 is 2.00 bits per heavy atom. The van der Waals surface area contributed by atoms with E-state index in [1.54, 1.807) is 24.3 Å². The fourth-order valence-electron chi connectivity index (χ4n) is 1.78. The molecule has 2 aromatic rings. The molecule has 0 aliphatic carbocycles. The van der Waals surface area contributed by atoms with Gasteiger partial charge in [0.2, 0.25) is 10.0 Å². The smallest absolute Gasteiger partial charge is 0.243 e. The highest BCUT2D eigenvalue weighted by Crippen LogP contribution is 2.20. The van der Waals surface area contributed by atoms with Gasteiger partial charge in [0.1, 0.15) is 0 Å². The third-order valence-corrected chi connectivity index (χ3v) is 4.69. The molecule has 0 atom stereocenters. The lowest BCUT2D eigenvalue weighted by Crippen LogP contribution is -2.15. The highest BCUT2D eigenvalue weighted by molar-refractivity contribution is 9.10. The largest absolute Gasteiger partial charge is 0.504 e. The van der Waals surface area contributed by atoms with Crippen LogP contribution in [0, 0.1) is 0 Å². The van der Waals surface area contributed by atoms with Crippen molar-refractivity contribution in [2.45, 2.75) is 5.75 Å². The molecule has 20 heavy (non-hydrogen) atoms. The van der Waals surface area contributed by atoms with Crippen molar-refractivity contribution in [3.63, 3.8) is 0 Å². The lowest BCUT2D eigenvalue weighted by molar-refractivity contribution is 0.341. The molecule has 0 N–H and O–H groups in total. The Morgan fingerprint density at radius 3 is 2.65 bits per heavy atom. The summed E-state index contributed by atoms with van der Waals surface area (Å²) in [7, 11) is -1.96. The van der Waals surface area contributed by atoms with Crippen LogP contribution in [0.3, 0.4) is 0 Å². The molecule has 0 aliphatic heterocycles. The van der Waals surface area contributed by atoms with E-state index >= 15 is 0 Å². The van der Waals surface area contributed by atoms with Crippen LogP contribution in [-0.4, -0.2) is 19.5 Å². The maximum absolute atomic E-state index is 12.5. The standard InChI is InChI=1S/C14H14BrNO3S/c1-19-8-7-14-9-13(15)10-16(14)20(17,18)11-12-5-3-2-4-6-12/h2-10H,11H2,1H3. The van der Waals surface area contributed by atoms with E-state index in [2.05, 4.69) is 15.9 Å². The first-order chi connectivity index (χ1) is 9.53. The van der Waals surface area contributed by atoms with Gasteiger partial charge in [-0.3, -0.25) is 0 Å². The van der Waals surface area contributed by atoms with Gasteiger partial charge in [0.15, 0.2) is 0 Å². The van der Waals surface area contributed by atoms with Crippen molar-refractivity contribution in [3.05, 3.63) is 64.6 Å². The fraction of sp³-hybridized carbons (Fsp3) is 0.143. The number of halogens is 1. The molecular formula is C14H14BrNO3S. The van der Waals surface area contributed by atoms with E-state index in [0.717, 1.165) is 5.56 Å². The lowest BCUT2D eigenvalue weighted by Gasteiger charge is -2.08. The first kappa shape index (κ1) is 14.9. The summed E-state index contributed by atoms with van der Waals surface area (Å²) in [6, 6.07) is 10.8. The maximum atomic E-state index is 12.5. The molecular weight excluding hydrogens is 342 g/mol. The molecule has 2 rings (SSSR count). The number of rotatable bonds is 5. The van der Waals surface area contributed by atoms with Crippen LogP contribution in [0.5, 0.6) is 0 Å². The maximum Gasteiger partial charge on any atom is 0.243 e. The van der Waals surface area contributed by atoms with Gasteiger partial charge in [-0.05, 0) is 33.6 Å². The van der Waals surface area contributed by atoms with Gasteiger partial charge in [0.25, 0.3) is 0 Å². The molecule has 0 bridgehead atoms. The first-order valence-electron chi connectivity index (χ1n) is 5.87. The Bertz CT molecular complexity index is 705. The zero-order valence-corrected chi connectivity index (χ0v) is 13.3. The van der Waals surface area contributed by atoms with Crippen LogP contribution in [0.2, 0.25) is 0 Å². The monoisotopic (exact) mass is 355 g/mol. The number of nitrogens with zero attached hydrogens (tertiary/aromatic N) is 1. The number of benzene rings is 1. The van der Waals surface area contributed by atoms with Gasteiger partial charge in [-0.1, -0.05) is 30.3 Å². The van der Waals surface area contributed by atoms with Crippen LogP contribution in [0.1, 0.15) is 11.3 Å². The molecule has 0 saturated heterocycles. The topological polar surface area (TPSA) is 48.3 Å². The summed E-state index contributed by atoms with van der Waals surface area (Å²) in [6.07, 6.45) is 4.58. The average molecular weight is 356 g/mol. The predicted molar refractivity (Wildman–Crippen MR) is 82.6 cm³/mol. The van der Waals surface area contributed by atoms with Gasteiger partial charge < -0.3 is 4.74 Å². The minimum atomic E-state index is -3.47. The molecule has 0 aliphatic rings. The highest BCUT2D eigenvalue weighted by Gasteiger charge is 2.17. The van der Waals surface area contributed by atoms with E-state index < -0.39 is 10.0 Å². The van der Waals surface area contributed by atoms with Gasteiger partial charge in [-0.25, -0.2) is 12.4 Å². The molecule has 1 aromatic carbocycles. The van der Waals surface area contributed by atoms with Crippen molar-refractivity contribution in [2.75, 3.05) is 7.11 Å². The van der Waals surface area contributed by atoms with Crippen LogP contribution >= 0.6 is 15.9 Å². The third-order valence-electron chi connectivity index (χ3n) is 2.65. The van der Waals surface area contributed by atoms with Crippen molar-refractivity contribution >= 4 is 32.0 Å². The van der Waals surface area contributed by atoms with E-state index in [0.29, 0.717) is 10.2 Å². The van der Waals surface area contributed by atoms with Crippen molar-refractivity contribution in [3.8, 4) is 0 Å². The van der Waals surface area contributed by atoms with E-state index in [9.17, 15) is 8.42 Å². The molecule has 1 aromatic heterocycles. The van der Waals surface area contributed by atoms with Gasteiger partial charge in [0.05, 0.1) is 24.8 Å². The summed E-state index contributed by atoms with van der Waals surface area (Å²) < 4.78 is 31.7. The SMILES string of the molecule is COC=Cc1cc(Br)cn1S(=O)(=O)Cc1ccccc1. The van der Waals surface area contributed by atoms with Crippen LogP contribution < -0.4 is 0 Å². The molecule has 4 nitrogen and oxygen atoms in total. The molecule has 106 valence electrons. The molecule has 0 amide bonds. The van der Waals surface area contributed by atoms with Crippen molar-refractivity contribution in [1.82, 2.24) is 3.97 Å². The second kappa shape index (κ2) is 6.28. The van der Waals surface area contributed by atoms with Gasteiger partial charge in [0, 0.05) is 10.7 Å². The first-order valence-corrected chi connectivity index (χ1v) is 8.27. The van der Waals surface area contributed by atoms with E-state index in [-0.39, 0.29) is 5.75 Å². The summed E-state index contributed by atoms with van der Waals surface area (Å²) in [4.78, 5) is 0. The van der Waals surface area contributed by atoms with Crippen LogP contribution in [0.4, 0.5) is 0 Å². The fourth-order valence-corrected chi connectivity index (χ4v) is 3.82. The molecule has 0 spiro atoms. The molecule has 6 heteroatoms. The van der Waals surface area contributed by atoms with Gasteiger partial charge in [-0.15, -0.1) is 0 Å². The minimum absolute atomic E-state index is 0.0528. The molecule has 0 saturated carbocycles. The Labute approximate surface area is 126 Å². The van der Waals surface area contributed by atoms with Gasteiger partial charge >= 0.3 is 0 Å². The minimum Gasteiger partial charge on any atom is -0.504 e. The van der Waals surface area contributed by atoms with Gasteiger partial charge in [-0.2, -0.15) is 0 Å². The molecule has 0 fully saturated rings. The predicted octanol–water partition coefficient (Wildman–Crippen LogP) is 3.25. The summed E-state index contributed by atoms with van der Waals surface area (Å²) in [5, 5.41) is 0. The summed E-state index contributed by atoms with van der Waals surface area (Å²) in [5.41, 5.74) is 1.29. The number of ether oxygens (including phenoxy) is 1. The molecule has 0 unspecified atom stereocenters. The van der Waals surface area contributed by atoms with Crippen molar-refractivity contribution in [2.24, 2.45) is 0 Å². The second-order valence-corrected chi connectivity index (χ2v) is 6.92. The van der Waals surface area contributed by atoms with Crippen molar-refractivity contribution in [1.29, 1.82) is 0 Å². The Hall–Kier alpha value is -1.53. The Balaban J connectivity index is 2.37. The average Bonchev–Trinajstić information content (AvgIpc) is 2.79. The summed E-state index contributed by atoms with van der Waals surface area (Å²) in [6.45, 7) is 0. The summed E-state index contributed by atoms with van der Waals surface area (Å²) >= 11 is 3.29. The van der Waals surface area contributed by atoms with E-state index in [1.165, 1.54) is 23.5 Å². The number of methoxy groups -OCH3 is 1. The summed E-state index contributed by atoms with van der Waals surface area (Å²) in [5.74, 6) is -0.0528. The zero-order valence-electron chi connectivity index (χ0n) is 10.9. The number of hydrogen-bond acceptors (Lipinski definition) is 3. The molecule has 1 heterocycles. The Kier molecular flexibility index (Phi) is 4.67. The normalized spacial score (nSPS) is 11.9. The van der Waals surface area contributed by atoms with E-state index in [1.807, 2.05) is 18.2 Å².